The van der Waals surface area contributed by atoms with Gasteiger partial charge in [-0.05, 0) is 32.4 Å². The normalized spacial score (nSPS) is 22.3. The van der Waals surface area contributed by atoms with Gasteiger partial charge in [0.1, 0.15) is 11.6 Å². The van der Waals surface area contributed by atoms with Crippen LogP contribution in [0.25, 0.3) is 0 Å². The van der Waals surface area contributed by atoms with Crippen LogP contribution in [0, 0.1) is 0 Å². The third-order valence-corrected chi connectivity index (χ3v) is 3.62. The van der Waals surface area contributed by atoms with Crippen molar-refractivity contribution in [3.63, 3.8) is 0 Å². The van der Waals surface area contributed by atoms with Crippen LogP contribution in [0.4, 0.5) is 5.69 Å². The van der Waals surface area contributed by atoms with E-state index in [1.54, 1.807) is 38.1 Å². The number of amides is 2. The van der Waals surface area contributed by atoms with Gasteiger partial charge in [0.2, 0.25) is 5.91 Å². The maximum atomic E-state index is 12.6. The first-order chi connectivity index (χ1) is 8.88. The fraction of sp³-hybridized carbons (Fsp3) is 0.429. The van der Waals surface area contributed by atoms with E-state index >= 15 is 0 Å². The van der Waals surface area contributed by atoms with E-state index in [1.165, 1.54) is 4.90 Å². The molecule has 1 heterocycles. The Labute approximate surface area is 117 Å². The summed E-state index contributed by atoms with van der Waals surface area (Å²) in [7, 11) is 0. The van der Waals surface area contributed by atoms with Gasteiger partial charge in [0.25, 0.3) is 5.91 Å². The highest BCUT2D eigenvalue weighted by atomic mass is 35.5. The van der Waals surface area contributed by atoms with E-state index < -0.39 is 11.6 Å². The van der Waals surface area contributed by atoms with Gasteiger partial charge in [-0.3, -0.25) is 14.5 Å². The summed E-state index contributed by atoms with van der Waals surface area (Å²) in [5.74, 6) is -0.293. The molecule has 0 spiro atoms. The zero-order valence-corrected chi connectivity index (χ0v) is 12.0. The molecule has 102 valence electrons. The van der Waals surface area contributed by atoms with Crippen LogP contribution in [0.5, 0.6) is 0 Å². The largest absolute Gasteiger partial charge is 0.340 e. The monoisotopic (exact) mass is 280 g/mol. The fourth-order valence-corrected chi connectivity index (χ4v) is 2.52. The zero-order chi connectivity index (χ0) is 14.2. The summed E-state index contributed by atoms with van der Waals surface area (Å²) in [6, 6.07) is 6.57. The lowest BCUT2D eigenvalue weighted by Crippen LogP contribution is -2.68. The van der Waals surface area contributed by atoms with Crippen molar-refractivity contribution in [1.29, 1.82) is 0 Å². The molecule has 2 rings (SSSR count). The second-order valence-electron chi connectivity index (χ2n) is 5.16. The highest BCUT2D eigenvalue weighted by molar-refractivity contribution is 6.34. The number of anilines is 1. The van der Waals surface area contributed by atoms with Gasteiger partial charge >= 0.3 is 0 Å². The van der Waals surface area contributed by atoms with Crippen LogP contribution in [0.2, 0.25) is 5.02 Å². The van der Waals surface area contributed by atoms with Crippen LogP contribution in [0.3, 0.4) is 0 Å². The number of carbonyl (C=O) groups is 2. The smallest absolute Gasteiger partial charge is 0.252 e. The van der Waals surface area contributed by atoms with Gasteiger partial charge < -0.3 is 5.32 Å². The van der Waals surface area contributed by atoms with Crippen LogP contribution >= 0.6 is 11.6 Å². The predicted molar refractivity (Wildman–Crippen MR) is 75.2 cm³/mol. The highest BCUT2D eigenvalue weighted by Crippen LogP contribution is 2.32. The average molecular weight is 281 g/mol. The summed E-state index contributed by atoms with van der Waals surface area (Å²) in [6.45, 7) is 5.27. The topological polar surface area (TPSA) is 49.4 Å². The van der Waals surface area contributed by atoms with Crippen molar-refractivity contribution in [1.82, 2.24) is 5.32 Å². The van der Waals surface area contributed by atoms with Crippen molar-refractivity contribution in [2.24, 2.45) is 0 Å². The van der Waals surface area contributed by atoms with Gasteiger partial charge in [0.15, 0.2) is 0 Å². The van der Waals surface area contributed by atoms with Gasteiger partial charge in [0.05, 0.1) is 10.7 Å². The number of nitrogens with zero attached hydrogens (tertiary/aromatic N) is 1. The van der Waals surface area contributed by atoms with Crippen molar-refractivity contribution in [3.05, 3.63) is 29.3 Å². The second-order valence-corrected chi connectivity index (χ2v) is 5.57. The minimum Gasteiger partial charge on any atom is -0.340 e. The molecule has 0 aromatic heterocycles. The molecule has 1 N–H and O–H groups in total. The Morgan fingerprint density at radius 3 is 2.53 bits per heavy atom. The van der Waals surface area contributed by atoms with Crippen LogP contribution in [0.15, 0.2) is 24.3 Å². The quantitative estimate of drug-likeness (QED) is 0.904. The summed E-state index contributed by atoms with van der Waals surface area (Å²) in [5, 5.41) is 3.22. The zero-order valence-electron chi connectivity index (χ0n) is 11.2. The minimum absolute atomic E-state index is 0.146. The van der Waals surface area contributed by atoms with Crippen LogP contribution < -0.4 is 10.2 Å². The number of hydrogen-bond acceptors (Lipinski definition) is 2. The first-order valence-electron chi connectivity index (χ1n) is 6.28. The van der Waals surface area contributed by atoms with E-state index in [0.717, 1.165) is 0 Å². The molecule has 0 radical (unpaired) electrons. The molecule has 1 fully saturated rings. The van der Waals surface area contributed by atoms with E-state index in [2.05, 4.69) is 5.32 Å². The summed E-state index contributed by atoms with van der Waals surface area (Å²) < 4.78 is 0. The van der Waals surface area contributed by atoms with Crippen molar-refractivity contribution in [2.75, 3.05) is 4.90 Å². The SMILES string of the molecule is CCC1C(=O)NC(C)(C)C(=O)N1c1ccccc1Cl. The van der Waals surface area contributed by atoms with Crippen molar-refractivity contribution >= 4 is 29.1 Å². The van der Waals surface area contributed by atoms with Crippen molar-refractivity contribution < 1.29 is 9.59 Å². The number of hydrogen-bond donors (Lipinski definition) is 1. The second kappa shape index (κ2) is 4.85. The summed E-state index contributed by atoms with van der Waals surface area (Å²) in [5.41, 5.74) is -0.328. The molecule has 0 aliphatic carbocycles. The highest BCUT2D eigenvalue weighted by Gasteiger charge is 2.45. The minimum atomic E-state index is -0.915. The maximum absolute atomic E-state index is 12.6. The van der Waals surface area contributed by atoms with Gasteiger partial charge in [-0.15, -0.1) is 0 Å². The van der Waals surface area contributed by atoms with E-state index in [9.17, 15) is 9.59 Å². The molecule has 0 saturated carbocycles. The van der Waals surface area contributed by atoms with E-state index in [-0.39, 0.29) is 11.8 Å². The Hall–Kier alpha value is -1.55. The predicted octanol–water partition coefficient (Wildman–Crippen LogP) is 2.36. The molecular formula is C14H17ClN2O2. The Bertz CT molecular complexity index is 528. The lowest BCUT2D eigenvalue weighted by Gasteiger charge is -2.42. The first-order valence-corrected chi connectivity index (χ1v) is 6.66. The molecular weight excluding hydrogens is 264 g/mol. The number of halogens is 1. The number of piperazine rings is 1. The number of benzene rings is 1. The van der Waals surface area contributed by atoms with E-state index in [4.69, 9.17) is 11.6 Å². The van der Waals surface area contributed by atoms with Gasteiger partial charge in [0, 0.05) is 0 Å². The molecule has 0 bridgehead atoms. The first kappa shape index (κ1) is 13.9. The van der Waals surface area contributed by atoms with E-state index in [1.807, 2.05) is 6.92 Å². The van der Waals surface area contributed by atoms with Gasteiger partial charge in [-0.25, -0.2) is 0 Å². The molecule has 19 heavy (non-hydrogen) atoms. The molecule has 4 nitrogen and oxygen atoms in total. The Balaban J connectivity index is 2.53. The summed E-state index contributed by atoms with van der Waals surface area (Å²) in [6.07, 6.45) is 0.541. The molecule has 5 heteroatoms. The molecule has 1 aliphatic rings. The molecule has 1 saturated heterocycles. The third kappa shape index (κ3) is 2.32. The Kier molecular flexibility index (Phi) is 3.54. The van der Waals surface area contributed by atoms with Crippen LogP contribution in [0.1, 0.15) is 27.2 Å². The number of nitrogens with one attached hydrogen (secondary N) is 1. The van der Waals surface area contributed by atoms with Crippen molar-refractivity contribution in [2.45, 2.75) is 38.8 Å². The average Bonchev–Trinajstić information content (AvgIpc) is 2.34. The van der Waals surface area contributed by atoms with Gasteiger partial charge in [-0.1, -0.05) is 30.7 Å². The molecule has 1 aliphatic heterocycles. The summed E-state index contributed by atoms with van der Waals surface area (Å²) in [4.78, 5) is 26.2. The van der Waals surface area contributed by atoms with Crippen LogP contribution in [-0.4, -0.2) is 23.4 Å². The Morgan fingerprint density at radius 2 is 1.95 bits per heavy atom. The van der Waals surface area contributed by atoms with Crippen molar-refractivity contribution in [3.8, 4) is 0 Å². The molecule has 1 atom stereocenters. The number of para-hydroxylation sites is 1. The molecule has 1 aromatic carbocycles. The summed E-state index contributed by atoms with van der Waals surface area (Å²) >= 11 is 6.16. The van der Waals surface area contributed by atoms with Gasteiger partial charge in [-0.2, -0.15) is 0 Å². The fourth-order valence-electron chi connectivity index (χ4n) is 2.30. The lowest BCUT2D eigenvalue weighted by molar-refractivity contribution is -0.137. The van der Waals surface area contributed by atoms with E-state index in [0.29, 0.717) is 17.1 Å². The Morgan fingerprint density at radius 1 is 1.32 bits per heavy atom. The van der Waals surface area contributed by atoms with Crippen LogP contribution in [-0.2, 0) is 9.59 Å². The third-order valence-electron chi connectivity index (χ3n) is 3.30. The maximum Gasteiger partial charge on any atom is 0.252 e. The molecule has 2 amide bonds. The molecule has 1 aromatic rings. The number of rotatable bonds is 2. The standard InChI is InChI=1S/C14H17ClN2O2/c1-4-10-12(18)16-14(2,3)13(19)17(10)11-8-6-5-7-9(11)15/h5-8,10H,4H2,1-3H3,(H,16,18). The lowest BCUT2D eigenvalue weighted by atomic mass is 9.95. The molecule has 1 unspecified atom stereocenters. The number of carbonyl (C=O) groups excluding carboxylic acids is 2.